The van der Waals surface area contributed by atoms with Crippen LogP contribution in [0.5, 0.6) is 0 Å². The molecule has 0 saturated heterocycles. The quantitative estimate of drug-likeness (QED) is 0.915. The van der Waals surface area contributed by atoms with Crippen LogP contribution in [-0.4, -0.2) is 15.6 Å². The summed E-state index contributed by atoms with van der Waals surface area (Å²) in [6.45, 7) is 2.55. The minimum absolute atomic E-state index is 0.126. The maximum Gasteiger partial charge on any atom is 0.142 e. The van der Waals surface area contributed by atoms with Crippen molar-refractivity contribution >= 4 is 11.6 Å². The molecule has 2 rings (SSSR count). The maximum atomic E-state index is 13.3. The summed E-state index contributed by atoms with van der Waals surface area (Å²) in [6, 6.07) is 4.94. The van der Waals surface area contributed by atoms with Gasteiger partial charge in [-0.3, -0.25) is 0 Å². The van der Waals surface area contributed by atoms with Crippen molar-refractivity contribution in [1.82, 2.24) is 9.55 Å². The molecule has 0 radical (unpaired) electrons. The molecule has 1 heterocycles. The predicted molar refractivity (Wildman–Crippen MR) is 74.7 cm³/mol. The van der Waals surface area contributed by atoms with Crippen LogP contribution >= 0.6 is 11.6 Å². The van der Waals surface area contributed by atoms with Crippen LogP contribution < -0.4 is 5.73 Å². The largest absolute Gasteiger partial charge is 0.333 e. The van der Waals surface area contributed by atoms with E-state index in [2.05, 4.69) is 4.98 Å². The standard InChI is InChI=1S/C14H17ClFN3/c1-2-11(17)6-12-8-19(9-18-12)7-10-4-3-5-13(16)14(10)15/h3-5,8-9,11H,2,6-7,17H2,1H3. The van der Waals surface area contributed by atoms with E-state index in [1.165, 1.54) is 6.07 Å². The molecular weight excluding hydrogens is 265 g/mol. The molecule has 0 fully saturated rings. The SMILES string of the molecule is CCC(N)Cc1cn(Cc2cccc(F)c2Cl)cn1. The number of benzene rings is 1. The van der Waals surface area contributed by atoms with E-state index >= 15 is 0 Å². The maximum absolute atomic E-state index is 13.3. The zero-order valence-corrected chi connectivity index (χ0v) is 11.6. The van der Waals surface area contributed by atoms with E-state index in [0.717, 1.165) is 24.1 Å². The smallest absolute Gasteiger partial charge is 0.142 e. The van der Waals surface area contributed by atoms with E-state index in [0.29, 0.717) is 6.54 Å². The molecule has 2 aromatic rings. The van der Waals surface area contributed by atoms with Gasteiger partial charge >= 0.3 is 0 Å². The van der Waals surface area contributed by atoms with Gasteiger partial charge in [-0.05, 0) is 18.1 Å². The highest BCUT2D eigenvalue weighted by Crippen LogP contribution is 2.20. The Morgan fingerprint density at radius 2 is 2.26 bits per heavy atom. The van der Waals surface area contributed by atoms with Crippen molar-refractivity contribution in [1.29, 1.82) is 0 Å². The molecule has 0 amide bonds. The lowest BCUT2D eigenvalue weighted by Crippen LogP contribution is -2.21. The molecule has 1 aromatic heterocycles. The van der Waals surface area contributed by atoms with Crippen LogP contribution in [0.25, 0.3) is 0 Å². The molecule has 0 aliphatic rings. The fourth-order valence-electron chi connectivity index (χ4n) is 1.88. The lowest BCUT2D eigenvalue weighted by molar-refractivity contribution is 0.624. The second-order valence-electron chi connectivity index (χ2n) is 4.62. The van der Waals surface area contributed by atoms with Gasteiger partial charge in [0.25, 0.3) is 0 Å². The Kier molecular flexibility index (Phi) is 4.56. The Balaban J connectivity index is 2.09. The van der Waals surface area contributed by atoms with E-state index in [1.807, 2.05) is 23.8 Å². The number of halogens is 2. The Morgan fingerprint density at radius 3 is 3.00 bits per heavy atom. The number of hydrogen-bond acceptors (Lipinski definition) is 2. The first-order chi connectivity index (χ1) is 9.10. The van der Waals surface area contributed by atoms with E-state index < -0.39 is 5.82 Å². The molecule has 0 bridgehead atoms. The van der Waals surface area contributed by atoms with Gasteiger partial charge in [-0.15, -0.1) is 0 Å². The highest BCUT2D eigenvalue weighted by molar-refractivity contribution is 6.31. The second-order valence-corrected chi connectivity index (χ2v) is 5.00. The van der Waals surface area contributed by atoms with Crippen molar-refractivity contribution in [2.75, 3.05) is 0 Å². The van der Waals surface area contributed by atoms with Gasteiger partial charge < -0.3 is 10.3 Å². The molecule has 2 N–H and O–H groups in total. The van der Waals surface area contributed by atoms with Crippen LogP contribution in [0.4, 0.5) is 4.39 Å². The summed E-state index contributed by atoms with van der Waals surface area (Å²) in [5.74, 6) is -0.396. The summed E-state index contributed by atoms with van der Waals surface area (Å²) in [6.07, 6.45) is 5.32. The van der Waals surface area contributed by atoms with Gasteiger partial charge in [0.1, 0.15) is 5.82 Å². The minimum atomic E-state index is -0.396. The third-order valence-corrected chi connectivity index (χ3v) is 3.49. The molecule has 3 nitrogen and oxygen atoms in total. The fraction of sp³-hybridized carbons (Fsp3) is 0.357. The molecule has 102 valence electrons. The van der Waals surface area contributed by atoms with Crippen LogP contribution in [0.1, 0.15) is 24.6 Å². The molecule has 19 heavy (non-hydrogen) atoms. The summed E-state index contributed by atoms with van der Waals surface area (Å²) in [5.41, 5.74) is 7.58. The van der Waals surface area contributed by atoms with E-state index in [4.69, 9.17) is 17.3 Å². The van der Waals surface area contributed by atoms with Crippen LogP contribution in [0.15, 0.2) is 30.7 Å². The van der Waals surface area contributed by atoms with Crippen molar-refractivity contribution in [3.8, 4) is 0 Å². The first-order valence-electron chi connectivity index (χ1n) is 6.29. The van der Waals surface area contributed by atoms with Gasteiger partial charge in [-0.25, -0.2) is 9.37 Å². The van der Waals surface area contributed by atoms with E-state index in [9.17, 15) is 4.39 Å². The van der Waals surface area contributed by atoms with Gasteiger partial charge in [0.05, 0.1) is 23.6 Å². The Morgan fingerprint density at radius 1 is 1.47 bits per heavy atom. The highest BCUT2D eigenvalue weighted by atomic mass is 35.5. The van der Waals surface area contributed by atoms with Crippen LogP contribution in [0, 0.1) is 5.82 Å². The molecule has 0 saturated carbocycles. The monoisotopic (exact) mass is 281 g/mol. The van der Waals surface area contributed by atoms with Crippen molar-refractivity contribution in [2.24, 2.45) is 5.73 Å². The number of imidazole rings is 1. The Hall–Kier alpha value is -1.39. The molecule has 0 aliphatic heterocycles. The zero-order valence-electron chi connectivity index (χ0n) is 10.8. The van der Waals surface area contributed by atoms with Crippen molar-refractivity contribution in [3.05, 3.63) is 52.8 Å². The van der Waals surface area contributed by atoms with Crippen LogP contribution in [0.2, 0.25) is 5.02 Å². The Bertz CT molecular complexity index is 553. The number of hydrogen-bond donors (Lipinski definition) is 1. The average molecular weight is 282 g/mol. The lowest BCUT2D eigenvalue weighted by atomic mass is 10.1. The number of nitrogens with two attached hydrogens (primary N) is 1. The van der Waals surface area contributed by atoms with Crippen molar-refractivity contribution in [3.63, 3.8) is 0 Å². The second kappa shape index (κ2) is 6.17. The molecule has 5 heteroatoms. The molecule has 1 atom stereocenters. The van der Waals surface area contributed by atoms with Gasteiger partial charge in [-0.2, -0.15) is 0 Å². The fourth-order valence-corrected chi connectivity index (χ4v) is 2.06. The third kappa shape index (κ3) is 3.55. The summed E-state index contributed by atoms with van der Waals surface area (Å²) < 4.78 is 15.2. The molecule has 0 aliphatic carbocycles. The molecule has 0 spiro atoms. The van der Waals surface area contributed by atoms with E-state index in [-0.39, 0.29) is 11.1 Å². The van der Waals surface area contributed by atoms with E-state index in [1.54, 1.807) is 12.4 Å². The number of rotatable bonds is 5. The molecule has 1 aromatic carbocycles. The van der Waals surface area contributed by atoms with Gasteiger partial charge in [-0.1, -0.05) is 30.7 Å². The number of aromatic nitrogens is 2. The molecule has 1 unspecified atom stereocenters. The summed E-state index contributed by atoms with van der Waals surface area (Å²) in [5, 5.41) is 0.169. The first kappa shape index (κ1) is 14.0. The minimum Gasteiger partial charge on any atom is -0.333 e. The van der Waals surface area contributed by atoms with Gasteiger partial charge in [0, 0.05) is 18.7 Å². The predicted octanol–water partition coefficient (Wildman–Crippen LogP) is 3.00. The van der Waals surface area contributed by atoms with Gasteiger partial charge in [0.15, 0.2) is 0 Å². The summed E-state index contributed by atoms with van der Waals surface area (Å²) in [4.78, 5) is 4.30. The molecular formula is C14H17ClFN3. The van der Waals surface area contributed by atoms with Crippen LogP contribution in [-0.2, 0) is 13.0 Å². The lowest BCUT2D eigenvalue weighted by Gasteiger charge is -2.06. The third-order valence-electron chi connectivity index (χ3n) is 3.07. The summed E-state index contributed by atoms with van der Waals surface area (Å²) >= 11 is 5.93. The highest BCUT2D eigenvalue weighted by Gasteiger charge is 2.08. The number of nitrogens with zero attached hydrogens (tertiary/aromatic N) is 2. The van der Waals surface area contributed by atoms with Crippen LogP contribution in [0.3, 0.4) is 0 Å². The van der Waals surface area contributed by atoms with Gasteiger partial charge in [0.2, 0.25) is 0 Å². The average Bonchev–Trinajstić information content (AvgIpc) is 2.82. The topological polar surface area (TPSA) is 43.8 Å². The van der Waals surface area contributed by atoms with Crippen molar-refractivity contribution in [2.45, 2.75) is 32.4 Å². The normalized spacial score (nSPS) is 12.6. The zero-order chi connectivity index (χ0) is 13.8. The Labute approximate surface area is 117 Å². The summed E-state index contributed by atoms with van der Waals surface area (Å²) in [7, 11) is 0. The first-order valence-corrected chi connectivity index (χ1v) is 6.67. The van der Waals surface area contributed by atoms with Crippen molar-refractivity contribution < 1.29 is 4.39 Å².